The number of halogens is 2. The van der Waals surface area contributed by atoms with Gasteiger partial charge in [0.05, 0.1) is 16.6 Å². The molecule has 5 nitrogen and oxygen atoms in total. The number of hydrogen-bond acceptors (Lipinski definition) is 3. The first-order chi connectivity index (χ1) is 10.7. The molecule has 0 saturated carbocycles. The highest BCUT2D eigenvalue weighted by Gasteiger charge is 2.20. The summed E-state index contributed by atoms with van der Waals surface area (Å²) in [5, 5.41) is 5.88. The SMILES string of the molecule is Clc1cccc(Cl)c1/N=C1\NCCN1OCc1ccncc1. The van der Waals surface area contributed by atoms with E-state index in [0.717, 1.165) is 12.1 Å². The predicted molar refractivity (Wildman–Crippen MR) is 87.3 cm³/mol. The van der Waals surface area contributed by atoms with Crippen molar-refractivity contribution in [3.8, 4) is 0 Å². The van der Waals surface area contributed by atoms with Crippen molar-refractivity contribution in [2.45, 2.75) is 6.61 Å². The van der Waals surface area contributed by atoms with Crippen molar-refractivity contribution in [2.24, 2.45) is 4.99 Å². The van der Waals surface area contributed by atoms with Gasteiger partial charge in [0.2, 0.25) is 5.96 Å². The minimum absolute atomic E-state index is 0.444. The second-order valence-corrected chi connectivity index (χ2v) is 5.48. The number of hydroxylamine groups is 2. The quantitative estimate of drug-likeness (QED) is 0.929. The summed E-state index contributed by atoms with van der Waals surface area (Å²) in [5.74, 6) is 0.601. The highest BCUT2D eigenvalue weighted by Crippen LogP contribution is 2.33. The molecule has 1 aromatic carbocycles. The topological polar surface area (TPSA) is 49.8 Å². The molecule has 1 N–H and O–H groups in total. The highest BCUT2D eigenvalue weighted by molar-refractivity contribution is 6.38. The van der Waals surface area contributed by atoms with E-state index >= 15 is 0 Å². The van der Waals surface area contributed by atoms with Crippen LogP contribution in [0.1, 0.15) is 5.56 Å². The average molecular weight is 337 g/mol. The summed E-state index contributed by atoms with van der Waals surface area (Å²) in [7, 11) is 0. The van der Waals surface area contributed by atoms with Gasteiger partial charge >= 0.3 is 0 Å². The van der Waals surface area contributed by atoms with E-state index in [4.69, 9.17) is 28.0 Å². The zero-order valence-corrected chi connectivity index (χ0v) is 13.2. The summed E-state index contributed by atoms with van der Waals surface area (Å²) >= 11 is 12.3. The van der Waals surface area contributed by atoms with Gasteiger partial charge in [0.15, 0.2) is 0 Å². The van der Waals surface area contributed by atoms with Gasteiger partial charge in [-0.15, -0.1) is 0 Å². The fourth-order valence-corrected chi connectivity index (χ4v) is 2.50. The lowest BCUT2D eigenvalue weighted by Gasteiger charge is -2.17. The molecule has 1 aromatic heterocycles. The van der Waals surface area contributed by atoms with Gasteiger partial charge in [0.1, 0.15) is 12.3 Å². The smallest absolute Gasteiger partial charge is 0.223 e. The Balaban J connectivity index is 1.74. The van der Waals surface area contributed by atoms with Crippen LogP contribution in [-0.2, 0) is 11.4 Å². The fourth-order valence-electron chi connectivity index (χ4n) is 2.02. The fraction of sp³-hybridized carbons (Fsp3) is 0.200. The standard InChI is InChI=1S/C15H14Cl2N4O/c16-12-2-1-3-13(17)14(12)20-15-19-8-9-21(15)22-10-11-4-6-18-7-5-11/h1-7H,8-10H2,(H,19,20). The molecule has 0 unspecified atom stereocenters. The second kappa shape index (κ2) is 6.96. The van der Waals surface area contributed by atoms with E-state index in [1.54, 1.807) is 35.7 Å². The molecular formula is C15H14Cl2N4O. The van der Waals surface area contributed by atoms with E-state index in [9.17, 15) is 0 Å². The Hall–Kier alpha value is -1.82. The first kappa shape index (κ1) is 15.1. The van der Waals surface area contributed by atoms with Crippen LogP contribution in [0.25, 0.3) is 0 Å². The third kappa shape index (κ3) is 3.50. The van der Waals surface area contributed by atoms with Gasteiger partial charge in [-0.2, -0.15) is 0 Å². The lowest BCUT2D eigenvalue weighted by atomic mass is 10.3. The number of nitrogens with one attached hydrogen (secondary N) is 1. The van der Waals surface area contributed by atoms with E-state index < -0.39 is 0 Å². The van der Waals surface area contributed by atoms with Crippen LogP contribution in [0.2, 0.25) is 10.0 Å². The average Bonchev–Trinajstić information content (AvgIpc) is 2.97. The molecule has 22 heavy (non-hydrogen) atoms. The van der Waals surface area contributed by atoms with E-state index in [1.807, 2.05) is 12.1 Å². The number of benzene rings is 1. The van der Waals surface area contributed by atoms with Crippen LogP contribution in [0.15, 0.2) is 47.7 Å². The number of rotatable bonds is 4. The van der Waals surface area contributed by atoms with Gasteiger partial charge < -0.3 is 5.32 Å². The van der Waals surface area contributed by atoms with Crippen molar-refractivity contribution in [3.63, 3.8) is 0 Å². The van der Waals surface area contributed by atoms with Crippen LogP contribution in [0.4, 0.5) is 5.69 Å². The maximum absolute atomic E-state index is 6.14. The van der Waals surface area contributed by atoms with E-state index in [-0.39, 0.29) is 0 Å². The molecule has 1 aliphatic rings. The zero-order chi connectivity index (χ0) is 15.4. The first-order valence-corrected chi connectivity index (χ1v) is 7.55. The van der Waals surface area contributed by atoms with Crippen LogP contribution in [0.5, 0.6) is 0 Å². The van der Waals surface area contributed by atoms with Crippen LogP contribution in [0, 0.1) is 0 Å². The molecule has 1 saturated heterocycles. The maximum Gasteiger partial charge on any atom is 0.223 e. The van der Waals surface area contributed by atoms with Crippen molar-refractivity contribution < 1.29 is 4.84 Å². The van der Waals surface area contributed by atoms with Crippen molar-refractivity contribution in [1.29, 1.82) is 0 Å². The van der Waals surface area contributed by atoms with Crippen molar-refractivity contribution >= 4 is 34.8 Å². The summed E-state index contributed by atoms with van der Waals surface area (Å²) in [4.78, 5) is 14.2. The van der Waals surface area contributed by atoms with Crippen LogP contribution < -0.4 is 5.32 Å². The summed E-state index contributed by atoms with van der Waals surface area (Å²) in [5.41, 5.74) is 1.57. The molecule has 1 aliphatic heterocycles. The summed E-state index contributed by atoms with van der Waals surface area (Å²) in [6.07, 6.45) is 3.47. The Morgan fingerprint density at radius 1 is 1.18 bits per heavy atom. The minimum Gasteiger partial charge on any atom is -0.352 e. The number of para-hydroxylation sites is 1. The van der Waals surface area contributed by atoms with Crippen molar-refractivity contribution in [3.05, 3.63) is 58.3 Å². The molecule has 0 amide bonds. The molecule has 0 radical (unpaired) electrons. The van der Waals surface area contributed by atoms with Crippen LogP contribution in [-0.4, -0.2) is 29.1 Å². The van der Waals surface area contributed by atoms with Gasteiger partial charge in [-0.25, -0.2) is 10.1 Å². The molecule has 0 aliphatic carbocycles. The van der Waals surface area contributed by atoms with Crippen LogP contribution >= 0.6 is 23.2 Å². The van der Waals surface area contributed by atoms with Gasteiger partial charge in [0, 0.05) is 18.9 Å². The molecule has 0 spiro atoms. The Morgan fingerprint density at radius 2 is 1.91 bits per heavy atom. The normalized spacial score (nSPS) is 16.1. The molecule has 114 valence electrons. The lowest BCUT2D eigenvalue weighted by molar-refractivity contribution is -0.102. The first-order valence-electron chi connectivity index (χ1n) is 6.80. The maximum atomic E-state index is 6.14. The molecule has 3 rings (SSSR count). The third-order valence-corrected chi connectivity index (χ3v) is 3.74. The third-order valence-electron chi connectivity index (χ3n) is 3.13. The van der Waals surface area contributed by atoms with E-state index in [2.05, 4.69) is 15.3 Å². The zero-order valence-electron chi connectivity index (χ0n) is 11.7. The molecule has 2 heterocycles. The van der Waals surface area contributed by atoms with E-state index in [1.165, 1.54) is 0 Å². The Morgan fingerprint density at radius 3 is 2.64 bits per heavy atom. The molecular weight excluding hydrogens is 323 g/mol. The van der Waals surface area contributed by atoms with Gasteiger partial charge in [-0.05, 0) is 29.8 Å². The number of aliphatic imine (C=N–C) groups is 1. The van der Waals surface area contributed by atoms with Crippen molar-refractivity contribution in [1.82, 2.24) is 15.4 Å². The number of pyridine rings is 1. The number of nitrogens with zero attached hydrogens (tertiary/aromatic N) is 3. The molecule has 0 bridgehead atoms. The number of guanidine groups is 1. The Labute approximate surface area is 138 Å². The van der Waals surface area contributed by atoms with E-state index in [0.29, 0.717) is 34.8 Å². The van der Waals surface area contributed by atoms with Gasteiger partial charge in [-0.3, -0.25) is 9.82 Å². The minimum atomic E-state index is 0.444. The predicted octanol–water partition coefficient (Wildman–Crippen LogP) is 3.41. The molecule has 2 aromatic rings. The Kier molecular flexibility index (Phi) is 4.77. The monoisotopic (exact) mass is 336 g/mol. The van der Waals surface area contributed by atoms with Gasteiger partial charge in [0.25, 0.3) is 0 Å². The number of aromatic nitrogens is 1. The Bertz CT molecular complexity index is 658. The highest BCUT2D eigenvalue weighted by atomic mass is 35.5. The number of hydrogen-bond donors (Lipinski definition) is 1. The van der Waals surface area contributed by atoms with Gasteiger partial charge in [-0.1, -0.05) is 29.3 Å². The molecule has 0 atom stereocenters. The summed E-state index contributed by atoms with van der Waals surface area (Å²) in [6, 6.07) is 9.11. The lowest BCUT2D eigenvalue weighted by Crippen LogP contribution is -2.30. The van der Waals surface area contributed by atoms with Crippen LogP contribution in [0.3, 0.4) is 0 Å². The largest absolute Gasteiger partial charge is 0.352 e. The molecule has 1 fully saturated rings. The second-order valence-electron chi connectivity index (χ2n) is 4.66. The summed E-state index contributed by atoms with van der Waals surface area (Å²) in [6.45, 7) is 1.89. The summed E-state index contributed by atoms with van der Waals surface area (Å²) < 4.78 is 0. The molecule has 7 heteroatoms. The van der Waals surface area contributed by atoms with Crippen molar-refractivity contribution in [2.75, 3.05) is 13.1 Å².